The third kappa shape index (κ3) is 2.33. The maximum absolute atomic E-state index is 10.9. The van der Waals surface area contributed by atoms with E-state index in [4.69, 9.17) is 5.11 Å². The van der Waals surface area contributed by atoms with E-state index in [0.717, 1.165) is 12.1 Å². The molecule has 1 aromatic heterocycles. The number of carboxylic acids is 1. The van der Waals surface area contributed by atoms with Gasteiger partial charge in [-0.05, 0) is 46.7 Å². The topological polar surface area (TPSA) is 55.1 Å². The Labute approximate surface area is 112 Å². The highest BCUT2D eigenvalue weighted by Crippen LogP contribution is 2.17. The Morgan fingerprint density at radius 3 is 2.53 bits per heavy atom. The quantitative estimate of drug-likeness (QED) is 0.873. The molecule has 0 aliphatic rings. The van der Waals surface area contributed by atoms with Gasteiger partial charge in [0.2, 0.25) is 0 Å². The zero-order chi connectivity index (χ0) is 12.4. The second-order valence-electron chi connectivity index (χ2n) is 3.59. The first-order valence-electron chi connectivity index (χ1n) is 5.19. The summed E-state index contributed by atoms with van der Waals surface area (Å²) in [5.41, 5.74) is 2.35. The molecule has 0 atom stereocenters. The van der Waals surface area contributed by atoms with Crippen molar-refractivity contribution in [3.05, 3.63) is 45.3 Å². The Hall–Kier alpha value is -1.37. The fourth-order valence-corrected chi connectivity index (χ4v) is 2.30. The fraction of sp³-hybridized carbons (Fsp3) is 0.167. The number of aromatic nitrogens is 2. The first-order chi connectivity index (χ1) is 8.13. The van der Waals surface area contributed by atoms with Crippen LogP contribution in [0.1, 0.15) is 22.8 Å². The van der Waals surface area contributed by atoms with Crippen LogP contribution in [-0.2, 0) is 6.42 Å². The number of rotatable bonds is 3. The lowest BCUT2D eigenvalue weighted by molar-refractivity contribution is 0.0695. The normalized spacial score (nSPS) is 10.5. The molecule has 1 heterocycles. The Balaban J connectivity index is 2.42. The number of aryl methyl sites for hydroxylation is 1. The zero-order valence-electron chi connectivity index (χ0n) is 9.22. The molecular weight excluding hydrogens is 331 g/mol. The predicted octanol–water partition coefficient (Wildman–Crippen LogP) is 2.74. The number of hydrogen-bond acceptors (Lipinski definition) is 2. The van der Waals surface area contributed by atoms with Crippen molar-refractivity contribution in [1.29, 1.82) is 0 Å². The Morgan fingerprint density at radius 1 is 1.41 bits per heavy atom. The second kappa shape index (κ2) is 4.87. The molecule has 0 aliphatic carbocycles. The molecule has 2 aromatic rings. The van der Waals surface area contributed by atoms with Gasteiger partial charge in [-0.15, -0.1) is 0 Å². The van der Waals surface area contributed by atoms with Crippen LogP contribution in [0.25, 0.3) is 5.69 Å². The molecule has 17 heavy (non-hydrogen) atoms. The maximum Gasteiger partial charge on any atom is 0.340 e. The Kier molecular flexibility index (Phi) is 3.46. The van der Waals surface area contributed by atoms with Crippen molar-refractivity contribution in [3.8, 4) is 5.69 Å². The highest BCUT2D eigenvalue weighted by Gasteiger charge is 2.14. The molecule has 0 spiro atoms. The van der Waals surface area contributed by atoms with Gasteiger partial charge in [-0.25, -0.2) is 9.48 Å². The highest BCUT2D eigenvalue weighted by molar-refractivity contribution is 14.1. The highest BCUT2D eigenvalue weighted by atomic mass is 127. The molecule has 0 radical (unpaired) electrons. The van der Waals surface area contributed by atoms with E-state index in [-0.39, 0.29) is 5.56 Å². The molecular formula is C12H11IN2O2. The van der Waals surface area contributed by atoms with Crippen LogP contribution in [-0.4, -0.2) is 20.9 Å². The molecule has 0 saturated heterocycles. The number of hydrogen-bond donors (Lipinski definition) is 1. The third-order valence-electron chi connectivity index (χ3n) is 2.53. The van der Waals surface area contributed by atoms with E-state index in [1.54, 1.807) is 4.68 Å². The minimum absolute atomic E-state index is 0.227. The van der Waals surface area contributed by atoms with Gasteiger partial charge in [0, 0.05) is 0 Å². The van der Waals surface area contributed by atoms with Crippen LogP contribution in [0.4, 0.5) is 0 Å². The van der Waals surface area contributed by atoms with Crippen molar-refractivity contribution in [1.82, 2.24) is 9.78 Å². The largest absolute Gasteiger partial charge is 0.478 e. The molecule has 0 amide bonds. The molecule has 0 fully saturated rings. The van der Waals surface area contributed by atoms with Crippen molar-refractivity contribution >= 4 is 28.6 Å². The van der Waals surface area contributed by atoms with Gasteiger partial charge in [0.05, 0.1) is 11.9 Å². The summed E-state index contributed by atoms with van der Waals surface area (Å²) in [5.74, 6) is -0.953. The first-order valence-corrected chi connectivity index (χ1v) is 6.27. The molecule has 4 nitrogen and oxygen atoms in total. The summed E-state index contributed by atoms with van der Waals surface area (Å²) in [5, 5.41) is 13.0. The van der Waals surface area contributed by atoms with Crippen molar-refractivity contribution < 1.29 is 9.90 Å². The van der Waals surface area contributed by atoms with E-state index in [1.807, 2.05) is 46.9 Å². The van der Waals surface area contributed by atoms with Gasteiger partial charge in [-0.3, -0.25) is 0 Å². The first kappa shape index (κ1) is 12.1. The van der Waals surface area contributed by atoms with Crippen LogP contribution < -0.4 is 0 Å². The van der Waals surface area contributed by atoms with E-state index in [1.165, 1.54) is 11.8 Å². The maximum atomic E-state index is 10.9. The molecule has 5 heteroatoms. The molecule has 88 valence electrons. The number of nitrogens with zero attached hydrogens (tertiary/aromatic N) is 2. The summed E-state index contributed by atoms with van der Waals surface area (Å²) in [6, 6.07) is 7.93. The molecule has 0 bridgehead atoms. The average molecular weight is 342 g/mol. The molecule has 0 unspecified atom stereocenters. The minimum atomic E-state index is -0.953. The van der Waals surface area contributed by atoms with Crippen molar-refractivity contribution in [2.24, 2.45) is 0 Å². The van der Waals surface area contributed by atoms with Crippen LogP contribution in [0.3, 0.4) is 0 Å². The fourth-order valence-electron chi connectivity index (χ4n) is 1.53. The SMILES string of the molecule is CCc1ccc(-n2ncc(C(=O)O)c2I)cc1. The predicted molar refractivity (Wildman–Crippen MR) is 72.6 cm³/mol. The van der Waals surface area contributed by atoms with Gasteiger partial charge in [0.15, 0.2) is 0 Å². The molecule has 0 saturated carbocycles. The van der Waals surface area contributed by atoms with Gasteiger partial charge < -0.3 is 5.11 Å². The number of carbonyl (C=O) groups is 1. The van der Waals surface area contributed by atoms with E-state index in [2.05, 4.69) is 12.0 Å². The van der Waals surface area contributed by atoms with E-state index in [0.29, 0.717) is 3.70 Å². The smallest absolute Gasteiger partial charge is 0.340 e. The monoisotopic (exact) mass is 342 g/mol. The van der Waals surface area contributed by atoms with Gasteiger partial charge in [-0.1, -0.05) is 19.1 Å². The number of aromatic carboxylic acids is 1. The molecule has 2 rings (SSSR count). The summed E-state index contributed by atoms with van der Waals surface area (Å²) in [4.78, 5) is 10.9. The molecule has 1 N–H and O–H groups in total. The molecule has 1 aromatic carbocycles. The zero-order valence-corrected chi connectivity index (χ0v) is 11.4. The van der Waals surface area contributed by atoms with Crippen LogP contribution in [0, 0.1) is 3.70 Å². The van der Waals surface area contributed by atoms with Gasteiger partial charge >= 0.3 is 5.97 Å². The summed E-state index contributed by atoms with van der Waals surface area (Å²) < 4.78 is 2.24. The number of halogens is 1. The summed E-state index contributed by atoms with van der Waals surface area (Å²) in [7, 11) is 0. The summed E-state index contributed by atoms with van der Waals surface area (Å²) >= 11 is 1.99. The number of benzene rings is 1. The standard InChI is InChI=1S/C12H11IN2O2/c1-2-8-3-5-9(6-4-8)15-11(13)10(7-14-15)12(16)17/h3-7H,2H2,1H3,(H,16,17). The average Bonchev–Trinajstić information content (AvgIpc) is 2.71. The van der Waals surface area contributed by atoms with Crippen LogP contribution in [0.2, 0.25) is 0 Å². The third-order valence-corrected chi connectivity index (χ3v) is 3.57. The van der Waals surface area contributed by atoms with Crippen LogP contribution in [0.15, 0.2) is 30.5 Å². The lowest BCUT2D eigenvalue weighted by atomic mass is 10.1. The molecule has 0 aliphatic heterocycles. The van der Waals surface area contributed by atoms with Crippen molar-refractivity contribution in [2.45, 2.75) is 13.3 Å². The lowest BCUT2D eigenvalue weighted by Gasteiger charge is -2.04. The van der Waals surface area contributed by atoms with Crippen LogP contribution in [0.5, 0.6) is 0 Å². The van der Waals surface area contributed by atoms with Crippen LogP contribution >= 0.6 is 22.6 Å². The van der Waals surface area contributed by atoms with Crippen molar-refractivity contribution in [2.75, 3.05) is 0 Å². The van der Waals surface area contributed by atoms with Gasteiger partial charge in [0.25, 0.3) is 0 Å². The minimum Gasteiger partial charge on any atom is -0.478 e. The van der Waals surface area contributed by atoms with Gasteiger partial charge in [-0.2, -0.15) is 5.10 Å². The lowest BCUT2D eigenvalue weighted by Crippen LogP contribution is -2.02. The Morgan fingerprint density at radius 2 is 2.06 bits per heavy atom. The van der Waals surface area contributed by atoms with Crippen molar-refractivity contribution in [3.63, 3.8) is 0 Å². The van der Waals surface area contributed by atoms with Gasteiger partial charge in [0.1, 0.15) is 9.26 Å². The van der Waals surface area contributed by atoms with E-state index < -0.39 is 5.97 Å². The second-order valence-corrected chi connectivity index (χ2v) is 4.61. The van der Waals surface area contributed by atoms with E-state index in [9.17, 15) is 4.79 Å². The Bertz CT molecular complexity index is 546. The summed E-state index contributed by atoms with van der Waals surface area (Å²) in [6.07, 6.45) is 2.36. The van der Waals surface area contributed by atoms with E-state index >= 15 is 0 Å². The number of carboxylic acid groups (broad SMARTS) is 1. The summed E-state index contributed by atoms with van der Waals surface area (Å²) in [6.45, 7) is 2.09.